The van der Waals surface area contributed by atoms with E-state index in [0.717, 1.165) is 106 Å². The minimum atomic E-state index is 0.902. The van der Waals surface area contributed by atoms with Crippen molar-refractivity contribution in [1.29, 1.82) is 0 Å². The smallest absolute Gasteiger partial charge is 0.148 e. The third-order valence-electron chi connectivity index (χ3n) is 27.6. The number of rotatable bonds is 9. The molecule has 0 aliphatic carbocycles. The molecule has 30 aromatic rings. The molecule has 0 bridgehead atoms. The van der Waals surface area contributed by atoms with E-state index in [1.807, 2.05) is 36.8 Å². The Morgan fingerprint density at radius 1 is 0.141 bits per heavy atom. The summed E-state index contributed by atoms with van der Waals surface area (Å²) in [5, 5.41) is 21.7. The summed E-state index contributed by atoms with van der Waals surface area (Å²) in [6.45, 7) is 0. The average Bonchev–Trinajstić information content (AvgIpc) is 1.55. The maximum Gasteiger partial charge on any atom is 0.148 e. The topological polar surface area (TPSA) is 109 Å². The van der Waals surface area contributed by atoms with Crippen LogP contribution in [0, 0.1) is 0 Å². The quantitative estimate of drug-likeness (QED) is 0.143. The Labute approximate surface area is 770 Å². The zero-order chi connectivity index (χ0) is 88.5. The summed E-state index contributed by atoms with van der Waals surface area (Å²) in [6, 6.07) is 154. The van der Waals surface area contributed by atoms with Gasteiger partial charge in [-0.15, -0.1) is 0 Å². The zero-order valence-electron chi connectivity index (χ0n) is 72.6. The summed E-state index contributed by atoms with van der Waals surface area (Å²) < 4.78 is 21.2. The highest BCUT2D eigenvalue weighted by Crippen LogP contribution is 2.48. The van der Waals surface area contributed by atoms with Crippen LogP contribution in [0.25, 0.3) is 248 Å². The molecule has 0 saturated carbocycles. The van der Waals surface area contributed by atoms with Gasteiger partial charge in [0.15, 0.2) is 0 Å². The third kappa shape index (κ3) is 11.4. The molecule has 0 aliphatic heterocycles. The summed E-state index contributed by atoms with van der Waals surface area (Å²) in [6.07, 6.45) is 9.01. The maximum absolute atomic E-state index is 4.83. The Hall–Kier alpha value is -18.5. The Morgan fingerprint density at radius 3 is 0.807 bits per heavy atom. The minimum Gasteiger partial charge on any atom is -0.309 e. The molecule has 0 atom stereocenters. The molecule has 0 unspecified atom stereocenters. The first kappa shape index (κ1) is 75.4. The standard InChI is InChI=1S/C41H26N4.2C40H25N5/c1-3-12-27(13-4-1)43-36-19-9-7-16-30(36)34-26-40-35(25-39(34)43)31-17-8-10-20-37(31)44(40)29-21-22-38-33(24-29)32-18-11-23-42-41(32)45(38)28-14-5-2-6-15-28;1-3-11-26(12-4-1)44-34-17-9-7-15-29(34)30-20-22-37-38(39(30)44)31-16-8-10-18-35(31)43(37)28-19-21-36-32(23-28)33-24-41-25-42-40(33)45(36)27-13-5-2-6-14-27;1-3-11-26(12-4-1)43-33-17-9-7-15-29(33)38-36(43)21-22-37-39(38)30-16-8-10-18-34(30)44(37)28-19-20-35-31(23-28)32-24-41-25-42-40(32)45(35)27-13-5-2-6-14-27/h1-26H;2*1-25H. The van der Waals surface area contributed by atoms with Crippen LogP contribution >= 0.6 is 0 Å². The summed E-state index contributed by atoms with van der Waals surface area (Å²) >= 11 is 0. The Bertz CT molecular complexity index is 9870. The molecular weight excluding hydrogens is 1650 g/mol. The number of hydrogen-bond donors (Lipinski definition) is 0. The van der Waals surface area contributed by atoms with E-state index < -0.39 is 0 Å². The minimum absolute atomic E-state index is 0.902. The van der Waals surface area contributed by atoms with Crippen molar-refractivity contribution in [3.05, 3.63) is 462 Å². The molecule has 12 aromatic heterocycles. The summed E-state index contributed by atoms with van der Waals surface area (Å²) in [7, 11) is 0. The van der Waals surface area contributed by atoms with E-state index in [-0.39, 0.29) is 0 Å². The van der Waals surface area contributed by atoms with Gasteiger partial charge in [0.05, 0.1) is 82.8 Å². The molecule has 0 radical (unpaired) electrons. The first-order valence-corrected chi connectivity index (χ1v) is 45.7. The van der Waals surface area contributed by atoms with Crippen LogP contribution in [0.5, 0.6) is 0 Å². The molecule has 0 spiro atoms. The van der Waals surface area contributed by atoms with Crippen LogP contribution in [-0.4, -0.2) is 66.0 Å². The van der Waals surface area contributed by atoms with Gasteiger partial charge in [0, 0.05) is 167 Å². The number of benzene rings is 18. The van der Waals surface area contributed by atoms with E-state index in [4.69, 9.17) is 15.0 Å². The second kappa shape index (κ2) is 30.0. The Morgan fingerprint density at radius 2 is 0.400 bits per heavy atom. The molecule has 135 heavy (non-hydrogen) atoms. The highest BCUT2D eigenvalue weighted by molar-refractivity contribution is 6.30. The predicted octanol–water partition coefficient (Wildman–Crippen LogP) is 29.9. The van der Waals surface area contributed by atoms with E-state index in [2.05, 4.69) is 464 Å². The molecule has 14 heteroatoms. The Kier molecular flexibility index (Phi) is 16.8. The van der Waals surface area contributed by atoms with Crippen molar-refractivity contribution in [3.8, 4) is 51.2 Å². The van der Waals surface area contributed by atoms with Gasteiger partial charge in [0.2, 0.25) is 0 Å². The van der Waals surface area contributed by atoms with Crippen molar-refractivity contribution in [3.63, 3.8) is 0 Å². The number of pyridine rings is 1. The van der Waals surface area contributed by atoms with E-state index in [9.17, 15) is 0 Å². The van der Waals surface area contributed by atoms with Crippen molar-refractivity contribution in [2.75, 3.05) is 0 Å². The van der Waals surface area contributed by atoms with Crippen LogP contribution in [-0.2, 0) is 0 Å². The van der Waals surface area contributed by atoms with Crippen LogP contribution in [0.3, 0.4) is 0 Å². The molecule has 14 nitrogen and oxygen atoms in total. The maximum atomic E-state index is 4.83. The number of para-hydroxylation sites is 12. The molecule has 630 valence electrons. The van der Waals surface area contributed by atoms with Crippen LogP contribution in [0.2, 0.25) is 0 Å². The highest BCUT2D eigenvalue weighted by atomic mass is 15.1. The summed E-state index contributed by atoms with van der Waals surface area (Å²) in [5.41, 5.74) is 30.6. The van der Waals surface area contributed by atoms with Crippen LogP contribution in [0.15, 0.2) is 462 Å². The monoisotopic (exact) mass is 1720 g/mol. The molecule has 12 heterocycles. The fraction of sp³-hybridized carbons (Fsp3) is 0. The molecule has 0 aliphatic rings. The SMILES string of the molecule is c1ccc(-n2c3ccc(-n4c5ccccc5c5c4ccc4c6ccccc6n(-c6ccccc6)c45)cc3c3cncnc32)cc1.c1ccc(-n2c3ccccc3c3c4c5ccccc5n(-c5ccc6c(c5)c5cncnc5n6-c5ccccc5)c4ccc32)cc1.c1ccc(-n2c3ccccc3c3cc4c(cc32)c2ccccc2n4-c2ccc3c(c2)c2cccnc2n3-c2ccccc2)cc1. The van der Waals surface area contributed by atoms with Gasteiger partial charge in [0.25, 0.3) is 0 Å². The lowest BCUT2D eigenvalue weighted by molar-refractivity contribution is 1.11. The highest BCUT2D eigenvalue weighted by Gasteiger charge is 2.28. The number of fused-ring (bicyclic) bond motifs is 29. The lowest BCUT2D eigenvalue weighted by Crippen LogP contribution is -1.96. The fourth-order valence-electron chi connectivity index (χ4n) is 22.1. The van der Waals surface area contributed by atoms with Crippen molar-refractivity contribution >= 4 is 197 Å². The van der Waals surface area contributed by atoms with Gasteiger partial charge in [-0.2, -0.15) is 0 Å². The van der Waals surface area contributed by atoms with Crippen LogP contribution < -0.4 is 0 Å². The second-order valence-corrected chi connectivity index (χ2v) is 34.7. The Balaban J connectivity index is 0.000000101. The van der Waals surface area contributed by atoms with E-state index in [1.54, 1.807) is 12.7 Å². The first-order valence-electron chi connectivity index (χ1n) is 45.7. The van der Waals surface area contributed by atoms with Crippen molar-refractivity contribution < 1.29 is 0 Å². The van der Waals surface area contributed by atoms with E-state index >= 15 is 0 Å². The third-order valence-corrected chi connectivity index (χ3v) is 27.6. The van der Waals surface area contributed by atoms with Crippen molar-refractivity contribution in [1.82, 2.24) is 66.0 Å². The van der Waals surface area contributed by atoms with Crippen molar-refractivity contribution in [2.24, 2.45) is 0 Å². The second-order valence-electron chi connectivity index (χ2n) is 34.7. The largest absolute Gasteiger partial charge is 0.309 e. The molecule has 0 saturated heterocycles. The molecule has 0 N–H and O–H groups in total. The normalized spacial score (nSPS) is 12.0. The summed E-state index contributed by atoms with van der Waals surface area (Å²) in [5.74, 6) is 0. The van der Waals surface area contributed by atoms with Gasteiger partial charge in [-0.05, 0) is 206 Å². The fourth-order valence-corrected chi connectivity index (χ4v) is 22.1. The lowest BCUT2D eigenvalue weighted by atomic mass is 10.1. The van der Waals surface area contributed by atoms with Gasteiger partial charge in [0.1, 0.15) is 29.6 Å². The molecule has 0 amide bonds. The van der Waals surface area contributed by atoms with E-state index in [1.165, 1.54) is 142 Å². The summed E-state index contributed by atoms with van der Waals surface area (Å²) in [4.78, 5) is 23.1. The molecule has 0 fully saturated rings. The number of nitrogens with zero attached hydrogens (tertiary/aromatic N) is 14. The zero-order valence-corrected chi connectivity index (χ0v) is 72.6. The van der Waals surface area contributed by atoms with Gasteiger partial charge >= 0.3 is 0 Å². The van der Waals surface area contributed by atoms with Gasteiger partial charge in [-0.3, -0.25) is 13.7 Å². The van der Waals surface area contributed by atoms with Gasteiger partial charge in [-0.1, -0.05) is 224 Å². The average molecular weight is 1730 g/mol. The molecular formula is C121H76N14. The lowest BCUT2D eigenvalue weighted by Gasteiger charge is -2.11. The molecule has 18 aromatic carbocycles. The predicted molar refractivity (Wildman–Crippen MR) is 557 cm³/mol. The number of aromatic nitrogens is 14. The van der Waals surface area contributed by atoms with Gasteiger partial charge in [-0.25, -0.2) is 24.9 Å². The first-order chi connectivity index (χ1) is 67.1. The van der Waals surface area contributed by atoms with Gasteiger partial charge < -0.3 is 27.4 Å². The van der Waals surface area contributed by atoms with E-state index in [0.29, 0.717) is 0 Å². The number of hydrogen-bond acceptors (Lipinski definition) is 5. The van der Waals surface area contributed by atoms with Crippen molar-refractivity contribution in [2.45, 2.75) is 0 Å². The molecule has 30 rings (SSSR count). The van der Waals surface area contributed by atoms with Crippen LogP contribution in [0.1, 0.15) is 0 Å². The van der Waals surface area contributed by atoms with Crippen LogP contribution in [0.4, 0.5) is 0 Å².